The molecule has 0 bridgehead atoms. The summed E-state index contributed by atoms with van der Waals surface area (Å²) in [5.41, 5.74) is 1.39. The molecule has 0 saturated carbocycles. The van der Waals surface area contributed by atoms with Crippen LogP contribution in [0.15, 0.2) is 70.6 Å². The van der Waals surface area contributed by atoms with Crippen molar-refractivity contribution < 1.29 is 4.74 Å². The highest BCUT2D eigenvalue weighted by atomic mass is 16.5. The van der Waals surface area contributed by atoms with Gasteiger partial charge in [-0.3, -0.25) is 9.98 Å². The number of para-hydroxylation sites is 1. The molecule has 2 aromatic rings. The van der Waals surface area contributed by atoms with Gasteiger partial charge in [-0.1, -0.05) is 48.5 Å². The van der Waals surface area contributed by atoms with Gasteiger partial charge in [-0.2, -0.15) is 0 Å². The predicted octanol–water partition coefficient (Wildman–Crippen LogP) is 2.69. The monoisotopic (exact) mass is 350 g/mol. The van der Waals surface area contributed by atoms with E-state index in [4.69, 9.17) is 4.74 Å². The molecule has 0 radical (unpaired) electrons. The van der Waals surface area contributed by atoms with E-state index in [1.165, 1.54) is 11.4 Å². The van der Waals surface area contributed by atoms with Crippen molar-refractivity contribution in [1.82, 2.24) is 10.6 Å². The molecule has 4 rings (SSSR count). The Hall–Kier alpha value is -2.82. The van der Waals surface area contributed by atoms with Crippen LogP contribution in [0.5, 0.6) is 5.75 Å². The SMILES string of the molecule is c1ccc(CCC2=NCCN2)cc1.c1ccc(OCC2=NCCN2)cc1. The third-order valence-corrected chi connectivity index (χ3v) is 4.10. The molecule has 5 nitrogen and oxygen atoms in total. The molecular weight excluding hydrogens is 324 g/mol. The van der Waals surface area contributed by atoms with Crippen molar-refractivity contribution >= 4 is 11.7 Å². The fraction of sp³-hybridized carbons (Fsp3) is 0.333. The Morgan fingerprint density at radius 1 is 0.731 bits per heavy atom. The maximum atomic E-state index is 5.50. The molecule has 0 fully saturated rings. The molecule has 0 saturated heterocycles. The van der Waals surface area contributed by atoms with E-state index in [-0.39, 0.29) is 0 Å². The Morgan fingerprint density at radius 3 is 1.96 bits per heavy atom. The van der Waals surface area contributed by atoms with Crippen molar-refractivity contribution in [3.8, 4) is 5.75 Å². The highest BCUT2D eigenvalue weighted by Gasteiger charge is 2.05. The Morgan fingerprint density at radius 2 is 1.35 bits per heavy atom. The van der Waals surface area contributed by atoms with Gasteiger partial charge in [-0.05, 0) is 24.1 Å². The highest BCUT2D eigenvalue weighted by Crippen LogP contribution is 2.08. The lowest BCUT2D eigenvalue weighted by Crippen LogP contribution is -2.24. The lowest BCUT2D eigenvalue weighted by Gasteiger charge is -2.05. The van der Waals surface area contributed by atoms with Crippen LogP contribution < -0.4 is 15.4 Å². The summed E-state index contributed by atoms with van der Waals surface area (Å²) < 4.78 is 5.50. The standard InChI is InChI=1S/C11H14N2.C10H12N2O/c1-2-4-10(5-3-1)6-7-11-12-8-9-13-11;1-2-4-9(5-3-1)13-8-10-11-6-7-12-10/h1-5H,6-9H2,(H,12,13);1-5H,6-8H2,(H,11,12). The van der Waals surface area contributed by atoms with Crippen molar-refractivity contribution in [2.45, 2.75) is 12.8 Å². The lowest BCUT2D eigenvalue weighted by atomic mass is 10.1. The number of aryl methyl sites for hydroxylation is 1. The molecule has 0 aromatic heterocycles. The largest absolute Gasteiger partial charge is 0.486 e. The van der Waals surface area contributed by atoms with E-state index in [9.17, 15) is 0 Å². The minimum atomic E-state index is 0.546. The number of hydrogen-bond acceptors (Lipinski definition) is 5. The molecule has 136 valence electrons. The normalized spacial score (nSPS) is 15.1. The molecule has 0 aliphatic carbocycles. The molecule has 5 heteroatoms. The van der Waals surface area contributed by atoms with Crippen molar-refractivity contribution in [3.63, 3.8) is 0 Å². The van der Waals surface area contributed by atoms with Gasteiger partial charge < -0.3 is 15.4 Å². The fourth-order valence-electron chi connectivity index (χ4n) is 2.73. The smallest absolute Gasteiger partial charge is 0.145 e. The van der Waals surface area contributed by atoms with Gasteiger partial charge in [0.1, 0.15) is 18.2 Å². The van der Waals surface area contributed by atoms with Crippen LogP contribution in [-0.4, -0.2) is 44.5 Å². The first-order valence-corrected chi connectivity index (χ1v) is 9.16. The maximum absolute atomic E-state index is 5.50. The zero-order valence-electron chi connectivity index (χ0n) is 15.0. The summed E-state index contributed by atoms with van der Waals surface area (Å²) in [6.07, 6.45) is 2.14. The zero-order chi connectivity index (χ0) is 17.9. The van der Waals surface area contributed by atoms with Gasteiger partial charge in [0.25, 0.3) is 0 Å². The molecule has 0 amide bonds. The van der Waals surface area contributed by atoms with Crippen LogP contribution in [0.4, 0.5) is 0 Å². The van der Waals surface area contributed by atoms with E-state index in [0.717, 1.165) is 50.6 Å². The summed E-state index contributed by atoms with van der Waals surface area (Å²) >= 11 is 0. The van der Waals surface area contributed by atoms with Crippen LogP contribution in [0.1, 0.15) is 12.0 Å². The number of nitrogens with zero attached hydrogens (tertiary/aromatic N) is 2. The quantitative estimate of drug-likeness (QED) is 0.842. The van der Waals surface area contributed by atoms with E-state index < -0.39 is 0 Å². The summed E-state index contributed by atoms with van der Waals surface area (Å²) in [7, 11) is 0. The molecule has 2 N–H and O–H groups in total. The number of amidine groups is 2. The minimum absolute atomic E-state index is 0.546. The van der Waals surface area contributed by atoms with Gasteiger partial charge in [-0.25, -0.2) is 0 Å². The van der Waals surface area contributed by atoms with Crippen LogP contribution in [0.2, 0.25) is 0 Å². The van der Waals surface area contributed by atoms with Gasteiger partial charge in [0.05, 0.1) is 18.9 Å². The van der Waals surface area contributed by atoms with Gasteiger partial charge in [-0.15, -0.1) is 0 Å². The zero-order valence-corrected chi connectivity index (χ0v) is 15.0. The molecule has 0 atom stereocenters. The van der Waals surface area contributed by atoms with E-state index in [0.29, 0.717) is 6.61 Å². The molecule has 2 heterocycles. The number of nitrogens with one attached hydrogen (secondary N) is 2. The van der Waals surface area contributed by atoms with E-state index >= 15 is 0 Å². The number of ether oxygens (including phenoxy) is 1. The van der Waals surface area contributed by atoms with E-state index in [1.54, 1.807) is 0 Å². The second-order valence-electron chi connectivity index (χ2n) is 6.10. The second kappa shape index (κ2) is 10.2. The van der Waals surface area contributed by atoms with E-state index in [2.05, 4.69) is 51.0 Å². The summed E-state index contributed by atoms with van der Waals surface area (Å²) in [6.45, 7) is 4.32. The Balaban J connectivity index is 0.000000151. The van der Waals surface area contributed by atoms with Gasteiger partial charge >= 0.3 is 0 Å². The Bertz CT molecular complexity index is 650. The van der Waals surface area contributed by atoms with E-state index in [1.807, 2.05) is 30.3 Å². The molecule has 0 spiro atoms. The summed E-state index contributed by atoms with van der Waals surface area (Å²) in [6, 6.07) is 20.3. The average molecular weight is 350 g/mol. The fourth-order valence-corrected chi connectivity index (χ4v) is 2.73. The summed E-state index contributed by atoms with van der Waals surface area (Å²) in [5, 5.41) is 6.43. The number of hydrogen-bond donors (Lipinski definition) is 2. The number of aliphatic imine (C=N–C) groups is 2. The highest BCUT2D eigenvalue weighted by molar-refractivity contribution is 5.85. The van der Waals surface area contributed by atoms with Gasteiger partial charge in [0.2, 0.25) is 0 Å². The third-order valence-electron chi connectivity index (χ3n) is 4.10. The summed E-state index contributed by atoms with van der Waals surface area (Å²) in [4.78, 5) is 8.59. The Labute approximate surface area is 155 Å². The lowest BCUT2D eigenvalue weighted by molar-refractivity contribution is 0.373. The Kier molecular flexibility index (Phi) is 7.08. The summed E-state index contributed by atoms with van der Waals surface area (Å²) in [5.74, 6) is 3.01. The predicted molar refractivity (Wildman–Crippen MR) is 107 cm³/mol. The van der Waals surface area contributed by atoms with Crippen LogP contribution in [0.25, 0.3) is 0 Å². The first-order valence-electron chi connectivity index (χ1n) is 9.16. The van der Waals surface area contributed by atoms with Crippen LogP contribution >= 0.6 is 0 Å². The van der Waals surface area contributed by atoms with Crippen molar-refractivity contribution in [3.05, 3.63) is 66.2 Å². The molecule has 0 unspecified atom stereocenters. The van der Waals surface area contributed by atoms with Crippen molar-refractivity contribution in [2.75, 3.05) is 32.8 Å². The third kappa shape index (κ3) is 6.24. The van der Waals surface area contributed by atoms with Crippen molar-refractivity contribution in [1.29, 1.82) is 0 Å². The topological polar surface area (TPSA) is 58.0 Å². The first-order chi connectivity index (χ1) is 12.9. The molecular formula is C21H26N4O. The molecule has 26 heavy (non-hydrogen) atoms. The van der Waals surface area contributed by atoms with Gasteiger partial charge in [0.15, 0.2) is 0 Å². The second-order valence-corrected chi connectivity index (χ2v) is 6.10. The molecule has 2 aliphatic rings. The molecule has 2 aliphatic heterocycles. The number of benzene rings is 2. The van der Waals surface area contributed by atoms with Crippen molar-refractivity contribution in [2.24, 2.45) is 9.98 Å². The number of rotatable bonds is 6. The maximum Gasteiger partial charge on any atom is 0.145 e. The van der Waals surface area contributed by atoms with Crippen LogP contribution in [0, 0.1) is 0 Å². The first kappa shape index (κ1) is 18.0. The average Bonchev–Trinajstić information content (AvgIpc) is 3.41. The van der Waals surface area contributed by atoms with Crippen LogP contribution in [-0.2, 0) is 6.42 Å². The molecule has 2 aromatic carbocycles. The van der Waals surface area contributed by atoms with Gasteiger partial charge in [0, 0.05) is 19.5 Å². The minimum Gasteiger partial charge on any atom is -0.486 e. The van der Waals surface area contributed by atoms with Crippen LogP contribution in [0.3, 0.4) is 0 Å².